The predicted octanol–water partition coefficient (Wildman–Crippen LogP) is 4.08. The molecular weight excluding hydrogens is 297 g/mol. The summed E-state index contributed by atoms with van der Waals surface area (Å²) in [6.45, 7) is 1.60. The average molecular weight is 312 g/mol. The first kappa shape index (κ1) is 17.7. The van der Waals surface area contributed by atoms with Gasteiger partial charge in [-0.15, -0.1) is 0 Å². The molecule has 1 unspecified atom stereocenters. The molecule has 0 radical (unpaired) electrons. The van der Waals surface area contributed by atoms with E-state index in [4.69, 9.17) is 10.4 Å². The number of hydrogen-bond donors (Lipinski definition) is 1. The molecule has 0 spiro atoms. The Morgan fingerprint density at radius 1 is 1.45 bits per heavy atom. The van der Waals surface area contributed by atoms with Crippen molar-refractivity contribution in [2.45, 2.75) is 32.4 Å². The van der Waals surface area contributed by atoms with Gasteiger partial charge in [-0.25, -0.2) is 9.79 Å². The van der Waals surface area contributed by atoms with Crippen LogP contribution in [-0.2, 0) is 4.79 Å². The summed E-state index contributed by atoms with van der Waals surface area (Å²) in [6, 6.07) is 7.61. The molecule has 0 fully saturated rings. The maximum absolute atomic E-state index is 12.9. The number of benzene rings is 1. The quantitative estimate of drug-likeness (QED) is 0.804. The molecule has 0 aliphatic carbocycles. The van der Waals surface area contributed by atoms with Gasteiger partial charge in [0.2, 0.25) is 0 Å². The Bertz CT molecular complexity index is 604. The smallest absolute Gasteiger partial charge is 0.392 e. The van der Waals surface area contributed by atoms with Crippen LogP contribution in [0.1, 0.15) is 31.7 Å². The molecule has 1 aromatic rings. The van der Waals surface area contributed by atoms with E-state index >= 15 is 0 Å². The molecule has 0 aromatic heterocycles. The molecule has 0 aliphatic rings. The Labute approximate surface area is 125 Å². The van der Waals surface area contributed by atoms with Gasteiger partial charge in [0.25, 0.3) is 0 Å². The summed E-state index contributed by atoms with van der Waals surface area (Å²) < 4.78 is 38.7. The fourth-order valence-corrected chi connectivity index (χ4v) is 1.94. The number of rotatable bonds is 6. The van der Waals surface area contributed by atoms with Crippen LogP contribution in [0, 0.1) is 17.2 Å². The van der Waals surface area contributed by atoms with Crippen molar-refractivity contribution < 1.29 is 23.1 Å². The summed E-state index contributed by atoms with van der Waals surface area (Å²) in [5.41, 5.74) is -0.161. The first-order valence-corrected chi connectivity index (χ1v) is 6.65. The minimum Gasteiger partial charge on any atom is -0.477 e. The average Bonchev–Trinajstić information content (AvgIpc) is 2.44. The Hall–Kier alpha value is -2.36. The number of aliphatic imine (C=N–C) groups is 1. The summed E-state index contributed by atoms with van der Waals surface area (Å²) in [4.78, 5) is 14.9. The molecule has 22 heavy (non-hydrogen) atoms. The third-order valence-corrected chi connectivity index (χ3v) is 3.03. The lowest BCUT2D eigenvalue weighted by Crippen LogP contribution is -2.28. The van der Waals surface area contributed by atoms with E-state index in [1.807, 2.05) is 6.07 Å². The summed E-state index contributed by atoms with van der Waals surface area (Å²) in [7, 11) is 0. The van der Waals surface area contributed by atoms with Crippen LogP contribution >= 0.6 is 0 Å². The zero-order valence-electron chi connectivity index (χ0n) is 11.9. The zero-order chi connectivity index (χ0) is 16.8. The Kier molecular flexibility index (Phi) is 6.11. The molecule has 0 aliphatic heterocycles. The molecule has 1 atom stereocenters. The number of hydrogen-bond acceptors (Lipinski definition) is 3. The van der Waals surface area contributed by atoms with Crippen LogP contribution < -0.4 is 0 Å². The molecule has 0 heterocycles. The van der Waals surface area contributed by atoms with Crippen LogP contribution in [0.25, 0.3) is 0 Å². The molecule has 0 saturated carbocycles. The van der Waals surface area contributed by atoms with Crippen molar-refractivity contribution in [3.63, 3.8) is 0 Å². The van der Waals surface area contributed by atoms with E-state index < -0.39 is 30.2 Å². The SMILES string of the molecule is CCCC(CC(=Nc1cccc(C#N)c1)C(=O)O)C(F)(F)F. The number of halogens is 3. The number of carboxylic acid groups (broad SMARTS) is 1. The Morgan fingerprint density at radius 2 is 2.14 bits per heavy atom. The summed E-state index contributed by atoms with van der Waals surface area (Å²) in [5.74, 6) is -3.24. The lowest BCUT2D eigenvalue weighted by Gasteiger charge is -2.19. The number of nitrogens with zero attached hydrogens (tertiary/aromatic N) is 2. The molecule has 1 N–H and O–H groups in total. The second-order valence-corrected chi connectivity index (χ2v) is 4.76. The van der Waals surface area contributed by atoms with E-state index in [0.29, 0.717) is 6.42 Å². The van der Waals surface area contributed by atoms with E-state index in [-0.39, 0.29) is 17.7 Å². The van der Waals surface area contributed by atoms with Crippen LogP contribution in [0.15, 0.2) is 29.3 Å². The van der Waals surface area contributed by atoms with Crippen LogP contribution in [-0.4, -0.2) is 23.0 Å². The van der Waals surface area contributed by atoms with Gasteiger partial charge >= 0.3 is 12.1 Å². The first-order valence-electron chi connectivity index (χ1n) is 6.65. The highest BCUT2D eigenvalue weighted by molar-refractivity contribution is 6.36. The fourth-order valence-electron chi connectivity index (χ4n) is 1.94. The van der Waals surface area contributed by atoms with Crippen LogP contribution in [0.2, 0.25) is 0 Å². The number of nitriles is 1. The standard InChI is InChI=1S/C15H15F3N2O2/c1-2-4-11(15(16,17)18)8-13(14(21)22)20-12-6-3-5-10(7-12)9-19/h3,5-7,11H,2,4,8H2,1H3,(H,21,22). The van der Waals surface area contributed by atoms with Gasteiger partial charge in [0.05, 0.1) is 23.2 Å². The van der Waals surface area contributed by atoms with Gasteiger partial charge in [-0.05, 0) is 24.6 Å². The van der Waals surface area contributed by atoms with E-state index in [2.05, 4.69) is 4.99 Å². The number of alkyl halides is 3. The molecule has 0 amide bonds. The number of carbonyl (C=O) groups is 1. The van der Waals surface area contributed by atoms with Crippen molar-refractivity contribution in [2.75, 3.05) is 0 Å². The van der Waals surface area contributed by atoms with Gasteiger partial charge < -0.3 is 5.11 Å². The molecule has 0 saturated heterocycles. The minimum atomic E-state index is -4.47. The molecule has 0 bridgehead atoms. The monoisotopic (exact) mass is 312 g/mol. The maximum atomic E-state index is 12.9. The first-order chi connectivity index (χ1) is 10.3. The van der Waals surface area contributed by atoms with Gasteiger partial charge in [0.1, 0.15) is 5.71 Å². The summed E-state index contributed by atoms with van der Waals surface area (Å²) in [5, 5.41) is 17.8. The Balaban J connectivity index is 3.09. The largest absolute Gasteiger partial charge is 0.477 e. The van der Waals surface area contributed by atoms with Gasteiger partial charge in [-0.1, -0.05) is 19.4 Å². The van der Waals surface area contributed by atoms with E-state index in [1.54, 1.807) is 6.92 Å². The highest BCUT2D eigenvalue weighted by atomic mass is 19.4. The summed E-state index contributed by atoms with van der Waals surface area (Å²) in [6.07, 6.45) is -5.03. The van der Waals surface area contributed by atoms with Crippen LogP contribution in [0.3, 0.4) is 0 Å². The molecule has 1 rings (SSSR count). The third kappa shape index (κ3) is 5.20. The van der Waals surface area contributed by atoms with Crippen molar-refractivity contribution in [2.24, 2.45) is 10.9 Å². The normalized spacial score (nSPS) is 13.5. The molecular formula is C15H15F3N2O2. The van der Waals surface area contributed by atoms with Crippen molar-refractivity contribution in [1.82, 2.24) is 0 Å². The van der Waals surface area contributed by atoms with Gasteiger partial charge in [0, 0.05) is 6.42 Å². The number of aliphatic carboxylic acids is 1. The second kappa shape index (κ2) is 7.59. The van der Waals surface area contributed by atoms with Gasteiger partial charge in [-0.3, -0.25) is 0 Å². The van der Waals surface area contributed by atoms with Crippen molar-refractivity contribution in [3.8, 4) is 6.07 Å². The van der Waals surface area contributed by atoms with E-state index in [1.165, 1.54) is 24.3 Å². The molecule has 118 valence electrons. The van der Waals surface area contributed by atoms with Crippen LogP contribution in [0.5, 0.6) is 0 Å². The highest BCUT2D eigenvalue weighted by Gasteiger charge is 2.40. The minimum absolute atomic E-state index is 0.147. The zero-order valence-corrected chi connectivity index (χ0v) is 11.9. The molecule has 1 aromatic carbocycles. The van der Waals surface area contributed by atoms with Crippen LogP contribution in [0.4, 0.5) is 18.9 Å². The lowest BCUT2D eigenvalue weighted by molar-refractivity contribution is -0.174. The highest BCUT2D eigenvalue weighted by Crippen LogP contribution is 2.33. The topological polar surface area (TPSA) is 73.5 Å². The number of carboxylic acids is 1. The molecule has 7 heteroatoms. The second-order valence-electron chi connectivity index (χ2n) is 4.76. The van der Waals surface area contributed by atoms with Crippen molar-refractivity contribution in [3.05, 3.63) is 29.8 Å². The van der Waals surface area contributed by atoms with Crippen molar-refractivity contribution >= 4 is 17.4 Å². The predicted molar refractivity (Wildman–Crippen MR) is 75.0 cm³/mol. The van der Waals surface area contributed by atoms with E-state index in [9.17, 15) is 18.0 Å². The lowest BCUT2D eigenvalue weighted by atomic mass is 9.96. The van der Waals surface area contributed by atoms with Gasteiger partial charge in [-0.2, -0.15) is 18.4 Å². The van der Waals surface area contributed by atoms with Crippen molar-refractivity contribution in [1.29, 1.82) is 5.26 Å². The maximum Gasteiger partial charge on any atom is 0.392 e. The fraction of sp³-hybridized carbons (Fsp3) is 0.400. The molecule has 4 nitrogen and oxygen atoms in total. The third-order valence-electron chi connectivity index (χ3n) is 3.03. The summed E-state index contributed by atoms with van der Waals surface area (Å²) >= 11 is 0. The van der Waals surface area contributed by atoms with E-state index in [0.717, 1.165) is 0 Å². The van der Waals surface area contributed by atoms with Gasteiger partial charge in [0.15, 0.2) is 0 Å². The Morgan fingerprint density at radius 3 is 2.64 bits per heavy atom.